The molecule has 0 saturated carbocycles. The van der Waals surface area contributed by atoms with Crippen LogP contribution in [0.4, 0.5) is 0 Å². The minimum absolute atomic E-state index is 0.0903. The average molecular weight is 436 g/mol. The molecular weight excluding hydrogens is 394 g/mol. The number of allylic oxidation sites excluding steroid dienone is 3. The van der Waals surface area contributed by atoms with Gasteiger partial charge >= 0.3 is 0 Å². The Kier molecular flexibility index (Phi) is 13.3. The topological polar surface area (TPSA) is 92.8 Å². The molecule has 0 saturated heterocycles. The van der Waals surface area contributed by atoms with Gasteiger partial charge < -0.3 is 15.1 Å². The molecule has 0 aliphatic heterocycles. The molecule has 0 heterocycles. The molecule has 2 N–H and O–H groups in total. The Morgan fingerprint density at radius 2 is 1.81 bits per heavy atom. The van der Waals surface area contributed by atoms with Gasteiger partial charge in [0, 0.05) is 5.56 Å². The lowest BCUT2D eigenvalue weighted by Gasteiger charge is -2.28. The number of benzene rings is 1. The number of hydrogen-bond donors (Lipinski definition) is 2. The van der Waals surface area contributed by atoms with Crippen LogP contribution in [0.25, 0.3) is 0 Å². The number of phenols is 2. The highest BCUT2D eigenvalue weighted by atomic mass is 16.9. The number of aromatic hydroxyl groups is 2. The number of phenolic OH excluding ortho intramolecular Hbond substituents is 2. The second-order valence-corrected chi connectivity index (χ2v) is 8.26. The van der Waals surface area contributed by atoms with Gasteiger partial charge in [-0.15, -0.1) is 16.7 Å². The van der Waals surface area contributed by atoms with Gasteiger partial charge in [0.1, 0.15) is 11.5 Å². The highest BCUT2D eigenvalue weighted by molar-refractivity contribution is 5.51. The summed E-state index contributed by atoms with van der Waals surface area (Å²) in [6.45, 7) is 15.5. The molecule has 1 atom stereocenters. The molecule has 0 spiro atoms. The van der Waals surface area contributed by atoms with Crippen molar-refractivity contribution in [2.75, 3.05) is 6.61 Å². The lowest BCUT2D eigenvalue weighted by molar-refractivity contribution is -0.757. The van der Waals surface area contributed by atoms with Gasteiger partial charge in [0.05, 0.1) is 6.61 Å². The maximum absolute atomic E-state index is 10.6. The van der Waals surface area contributed by atoms with Gasteiger partial charge in [0.15, 0.2) is 0 Å². The molecule has 1 aliphatic carbocycles. The fourth-order valence-electron chi connectivity index (χ4n) is 3.74. The summed E-state index contributed by atoms with van der Waals surface area (Å²) in [6, 6.07) is 3.52. The molecular formula is C25H41NO5. The third-order valence-electron chi connectivity index (χ3n) is 5.30. The Morgan fingerprint density at radius 1 is 1.26 bits per heavy atom. The van der Waals surface area contributed by atoms with Gasteiger partial charge in [0.2, 0.25) is 0 Å². The van der Waals surface area contributed by atoms with Gasteiger partial charge in [-0.3, -0.25) is 0 Å². The van der Waals surface area contributed by atoms with Crippen LogP contribution >= 0.6 is 0 Å². The zero-order chi connectivity index (χ0) is 24.0. The fraction of sp³-hybridized carbons (Fsp3) is 0.600. The van der Waals surface area contributed by atoms with Crippen molar-refractivity contribution in [2.24, 2.45) is 0 Å². The number of hydrogen-bond acceptors (Lipinski definition) is 5. The van der Waals surface area contributed by atoms with Gasteiger partial charge in [-0.1, -0.05) is 51.8 Å². The quantitative estimate of drug-likeness (QED) is 0.195. The normalized spacial score (nSPS) is 15.4. The van der Waals surface area contributed by atoms with Gasteiger partial charge in [0.25, 0.3) is 5.09 Å². The Balaban J connectivity index is 0.00000165. The Hall–Kier alpha value is -2.50. The summed E-state index contributed by atoms with van der Waals surface area (Å²) in [5.41, 5.74) is 2.55. The van der Waals surface area contributed by atoms with E-state index in [9.17, 15) is 20.3 Å². The molecule has 6 nitrogen and oxygen atoms in total. The van der Waals surface area contributed by atoms with Crippen molar-refractivity contribution in [1.29, 1.82) is 0 Å². The van der Waals surface area contributed by atoms with Crippen LogP contribution in [0.5, 0.6) is 11.5 Å². The highest BCUT2D eigenvalue weighted by Crippen LogP contribution is 2.44. The first-order valence-corrected chi connectivity index (χ1v) is 11.2. The van der Waals surface area contributed by atoms with Crippen LogP contribution in [0.2, 0.25) is 0 Å². The van der Waals surface area contributed by atoms with E-state index in [0.717, 1.165) is 37.7 Å². The van der Waals surface area contributed by atoms with Crippen LogP contribution in [0.1, 0.15) is 97.1 Å². The summed E-state index contributed by atoms with van der Waals surface area (Å²) in [5, 5.41) is 30.5. The minimum atomic E-state index is -0.776. The van der Waals surface area contributed by atoms with E-state index in [1.165, 1.54) is 5.57 Å². The summed E-state index contributed by atoms with van der Waals surface area (Å²) in [4.78, 5) is 14.5. The minimum Gasteiger partial charge on any atom is -0.508 e. The van der Waals surface area contributed by atoms with Crippen LogP contribution < -0.4 is 0 Å². The lowest BCUT2D eigenvalue weighted by Crippen LogP contribution is -2.18. The zero-order valence-electron chi connectivity index (χ0n) is 20.1. The number of rotatable bonds is 8. The summed E-state index contributed by atoms with van der Waals surface area (Å²) >= 11 is 0. The second-order valence-electron chi connectivity index (χ2n) is 8.26. The van der Waals surface area contributed by atoms with Crippen molar-refractivity contribution in [3.8, 4) is 11.5 Å². The Labute approximate surface area is 187 Å². The van der Waals surface area contributed by atoms with Crippen LogP contribution in [0.3, 0.4) is 0 Å². The molecule has 31 heavy (non-hydrogen) atoms. The maximum Gasteiger partial charge on any atom is 0.294 e. The maximum atomic E-state index is 10.6. The number of unbranched alkanes of at least 4 members (excludes halogenated alkanes) is 1. The highest BCUT2D eigenvalue weighted by Gasteiger charge is 2.27. The van der Waals surface area contributed by atoms with Gasteiger partial charge in [-0.2, -0.15) is 0 Å². The molecule has 1 aromatic rings. The molecule has 1 unspecified atom stereocenters. The third-order valence-corrected chi connectivity index (χ3v) is 5.30. The van der Waals surface area contributed by atoms with Crippen LogP contribution in [0.15, 0.2) is 36.4 Å². The van der Waals surface area contributed by atoms with Crippen LogP contribution in [0, 0.1) is 10.1 Å². The van der Waals surface area contributed by atoms with E-state index in [2.05, 4.69) is 24.4 Å². The van der Waals surface area contributed by atoms with Gasteiger partial charge in [-0.05, 0) is 75.0 Å². The largest absolute Gasteiger partial charge is 0.508 e. The summed E-state index contributed by atoms with van der Waals surface area (Å²) in [6.07, 6.45) is 8.85. The first-order chi connectivity index (χ1) is 14.6. The van der Waals surface area contributed by atoms with Crippen molar-refractivity contribution in [2.45, 2.75) is 91.4 Å². The van der Waals surface area contributed by atoms with E-state index in [0.29, 0.717) is 12.0 Å². The van der Waals surface area contributed by atoms with Gasteiger partial charge in [-0.25, -0.2) is 0 Å². The predicted molar refractivity (Wildman–Crippen MR) is 127 cm³/mol. The van der Waals surface area contributed by atoms with Crippen molar-refractivity contribution in [1.82, 2.24) is 0 Å². The molecule has 1 aliphatic rings. The molecule has 0 fully saturated rings. The molecule has 176 valence electrons. The summed E-state index contributed by atoms with van der Waals surface area (Å²) < 4.78 is 0. The molecule has 1 aromatic carbocycles. The van der Waals surface area contributed by atoms with Crippen molar-refractivity contribution >= 4 is 0 Å². The van der Waals surface area contributed by atoms with Crippen LogP contribution in [-0.4, -0.2) is 21.9 Å². The van der Waals surface area contributed by atoms with E-state index >= 15 is 0 Å². The molecule has 6 heteroatoms. The smallest absolute Gasteiger partial charge is 0.294 e. The van der Waals surface area contributed by atoms with Crippen molar-refractivity contribution in [3.63, 3.8) is 0 Å². The third kappa shape index (κ3) is 9.90. The first-order valence-electron chi connectivity index (χ1n) is 11.2. The zero-order valence-corrected chi connectivity index (χ0v) is 20.1. The molecule has 0 radical (unpaired) electrons. The molecule has 0 amide bonds. The standard InChI is InChI=1S/C20H29NO5.C3H6.C2H6/c1-14-7-6-8-15(11-14)19-17(22)12-16(13-18(19)23)20(2,3)9-4-5-10-26-21(24)25;1-3-2;1-2/h7,12-13,15,22-23H,4-6,8-11H2,1-3H3;3H,1H2,2H3;1-2H3. The molecule has 0 bridgehead atoms. The lowest BCUT2D eigenvalue weighted by atomic mass is 9.77. The van der Waals surface area contributed by atoms with E-state index in [1.54, 1.807) is 18.2 Å². The van der Waals surface area contributed by atoms with E-state index in [4.69, 9.17) is 0 Å². The Bertz CT molecular complexity index is 702. The second kappa shape index (κ2) is 14.5. The average Bonchev–Trinajstić information content (AvgIpc) is 2.69. The summed E-state index contributed by atoms with van der Waals surface area (Å²) in [5.74, 6) is 0.463. The first kappa shape index (κ1) is 28.5. The summed E-state index contributed by atoms with van der Waals surface area (Å²) in [7, 11) is 0. The molecule has 2 rings (SSSR count). The fourth-order valence-corrected chi connectivity index (χ4v) is 3.74. The SMILES string of the molecule is C=CC.CC.CC1=CCCC(c2c(O)cc(C(C)(C)CCCCO[N+](=O)[O-])cc2O)C1. The van der Waals surface area contributed by atoms with Crippen molar-refractivity contribution < 1.29 is 20.1 Å². The Morgan fingerprint density at radius 3 is 2.29 bits per heavy atom. The van der Waals surface area contributed by atoms with E-state index < -0.39 is 5.09 Å². The van der Waals surface area contributed by atoms with Crippen LogP contribution in [-0.2, 0) is 10.3 Å². The monoisotopic (exact) mass is 435 g/mol. The predicted octanol–water partition coefficient (Wildman–Crippen LogP) is 7.19. The van der Waals surface area contributed by atoms with E-state index in [-0.39, 0.29) is 29.4 Å². The van der Waals surface area contributed by atoms with Crippen molar-refractivity contribution in [3.05, 3.63) is 57.7 Å². The molecule has 0 aromatic heterocycles. The van der Waals surface area contributed by atoms with E-state index in [1.807, 2.05) is 34.6 Å². The number of nitrogens with zero attached hydrogens (tertiary/aromatic N) is 1.